The molecule has 1 heterocycles. The van der Waals surface area contributed by atoms with E-state index in [-0.39, 0.29) is 11.3 Å². The highest BCUT2D eigenvalue weighted by Gasteiger charge is 2.35. The molecular formula is C26H36N2O3. The maximum Gasteiger partial charge on any atom is 0.251 e. The number of nitrogens with one attached hydrogen (secondary N) is 1. The number of ether oxygens (including phenoxy) is 2. The largest absolute Gasteiger partial charge is 0.494 e. The van der Waals surface area contributed by atoms with Gasteiger partial charge in [0.15, 0.2) is 0 Å². The summed E-state index contributed by atoms with van der Waals surface area (Å²) in [6.07, 6.45) is 1.78. The van der Waals surface area contributed by atoms with E-state index in [1.165, 1.54) is 5.56 Å². The predicted molar refractivity (Wildman–Crippen MR) is 126 cm³/mol. The van der Waals surface area contributed by atoms with E-state index in [0.29, 0.717) is 38.0 Å². The van der Waals surface area contributed by atoms with Gasteiger partial charge >= 0.3 is 0 Å². The monoisotopic (exact) mass is 424 g/mol. The summed E-state index contributed by atoms with van der Waals surface area (Å²) < 4.78 is 11.2. The van der Waals surface area contributed by atoms with E-state index >= 15 is 0 Å². The van der Waals surface area contributed by atoms with E-state index in [9.17, 15) is 4.79 Å². The van der Waals surface area contributed by atoms with Crippen LogP contribution in [-0.4, -0.2) is 44.9 Å². The van der Waals surface area contributed by atoms with Crippen LogP contribution in [0.25, 0.3) is 0 Å². The molecule has 1 N–H and O–H groups in total. The van der Waals surface area contributed by atoms with Crippen molar-refractivity contribution in [2.24, 2.45) is 0 Å². The number of hydrogen-bond donors (Lipinski definition) is 1. The number of carbonyl (C=O) groups is 1. The van der Waals surface area contributed by atoms with Crippen LogP contribution in [-0.2, 0) is 10.2 Å². The Morgan fingerprint density at radius 1 is 1.06 bits per heavy atom. The number of anilines is 1. The summed E-state index contributed by atoms with van der Waals surface area (Å²) in [5.41, 5.74) is 2.95. The van der Waals surface area contributed by atoms with E-state index in [1.54, 1.807) is 0 Å². The third-order valence-electron chi connectivity index (χ3n) is 6.24. The first-order valence-corrected chi connectivity index (χ1v) is 11.4. The van der Waals surface area contributed by atoms with Crippen molar-refractivity contribution in [3.05, 3.63) is 59.7 Å². The SMILES string of the molecule is CCOc1ccc(C2(CNC(=O)c3ccc(N(CC)C(C)C)cc3)CCOCC2)cc1. The van der Waals surface area contributed by atoms with Crippen molar-refractivity contribution in [1.29, 1.82) is 0 Å². The number of amides is 1. The van der Waals surface area contributed by atoms with Gasteiger partial charge in [-0.1, -0.05) is 12.1 Å². The number of benzene rings is 2. The lowest BCUT2D eigenvalue weighted by Crippen LogP contribution is -2.44. The number of carbonyl (C=O) groups excluding carboxylic acids is 1. The molecule has 1 aliphatic rings. The van der Waals surface area contributed by atoms with E-state index < -0.39 is 0 Å². The average Bonchev–Trinajstić information content (AvgIpc) is 2.79. The van der Waals surface area contributed by atoms with Crippen LogP contribution in [0.1, 0.15) is 56.5 Å². The Morgan fingerprint density at radius 3 is 2.26 bits per heavy atom. The van der Waals surface area contributed by atoms with Gasteiger partial charge in [0, 0.05) is 49.0 Å². The van der Waals surface area contributed by atoms with Crippen LogP contribution in [0.4, 0.5) is 5.69 Å². The quantitative estimate of drug-likeness (QED) is 0.628. The van der Waals surface area contributed by atoms with Gasteiger partial charge in [-0.15, -0.1) is 0 Å². The summed E-state index contributed by atoms with van der Waals surface area (Å²) >= 11 is 0. The van der Waals surface area contributed by atoms with E-state index in [1.807, 2.05) is 43.3 Å². The lowest BCUT2D eigenvalue weighted by molar-refractivity contribution is 0.0487. The van der Waals surface area contributed by atoms with Crippen LogP contribution in [0.15, 0.2) is 48.5 Å². The third kappa shape index (κ3) is 5.59. The molecule has 0 atom stereocenters. The second-order valence-corrected chi connectivity index (χ2v) is 8.46. The molecule has 31 heavy (non-hydrogen) atoms. The van der Waals surface area contributed by atoms with Crippen LogP contribution in [0.5, 0.6) is 5.75 Å². The first-order valence-electron chi connectivity index (χ1n) is 11.4. The number of rotatable bonds is 9. The topological polar surface area (TPSA) is 50.8 Å². The molecule has 1 saturated heterocycles. The maximum absolute atomic E-state index is 12.9. The van der Waals surface area contributed by atoms with Gasteiger partial charge < -0.3 is 19.7 Å². The average molecular weight is 425 g/mol. The molecule has 0 unspecified atom stereocenters. The first kappa shape index (κ1) is 23.1. The van der Waals surface area contributed by atoms with Crippen molar-refractivity contribution >= 4 is 11.6 Å². The number of hydrogen-bond acceptors (Lipinski definition) is 4. The molecule has 1 aliphatic heterocycles. The zero-order valence-corrected chi connectivity index (χ0v) is 19.3. The van der Waals surface area contributed by atoms with E-state index in [2.05, 4.69) is 43.1 Å². The minimum Gasteiger partial charge on any atom is -0.494 e. The normalized spacial score (nSPS) is 15.5. The summed E-state index contributed by atoms with van der Waals surface area (Å²) in [5, 5.41) is 3.19. The van der Waals surface area contributed by atoms with Gasteiger partial charge in [0.1, 0.15) is 5.75 Å². The van der Waals surface area contributed by atoms with Crippen LogP contribution in [0, 0.1) is 0 Å². The van der Waals surface area contributed by atoms with Crippen LogP contribution < -0.4 is 15.0 Å². The van der Waals surface area contributed by atoms with Gasteiger partial charge in [-0.3, -0.25) is 4.79 Å². The molecule has 0 radical (unpaired) electrons. The molecule has 3 rings (SSSR count). The molecule has 1 amide bonds. The molecule has 5 heteroatoms. The van der Waals surface area contributed by atoms with Gasteiger partial charge in [-0.05, 0) is 82.5 Å². The Kier molecular flexibility index (Phi) is 7.97. The second kappa shape index (κ2) is 10.7. The van der Waals surface area contributed by atoms with Gasteiger partial charge in [-0.2, -0.15) is 0 Å². The van der Waals surface area contributed by atoms with Gasteiger partial charge in [0.05, 0.1) is 6.61 Å². The van der Waals surface area contributed by atoms with Gasteiger partial charge in [0.2, 0.25) is 0 Å². The minimum atomic E-state index is -0.116. The summed E-state index contributed by atoms with van der Waals surface area (Å²) in [7, 11) is 0. The predicted octanol–water partition coefficient (Wildman–Crippen LogP) is 4.80. The second-order valence-electron chi connectivity index (χ2n) is 8.46. The van der Waals surface area contributed by atoms with E-state index in [0.717, 1.165) is 30.8 Å². The Bertz CT molecular complexity index is 825. The van der Waals surface area contributed by atoms with E-state index in [4.69, 9.17) is 9.47 Å². The molecule has 2 aromatic rings. The fourth-order valence-corrected chi connectivity index (χ4v) is 4.40. The van der Waals surface area contributed by atoms with Crippen molar-refractivity contribution in [2.75, 3.05) is 37.8 Å². The molecule has 0 aliphatic carbocycles. The fourth-order valence-electron chi connectivity index (χ4n) is 4.40. The summed E-state index contributed by atoms with van der Waals surface area (Å²) in [4.78, 5) is 15.2. The Hall–Kier alpha value is -2.53. The fraction of sp³-hybridized carbons (Fsp3) is 0.500. The lowest BCUT2D eigenvalue weighted by Gasteiger charge is -2.38. The molecule has 2 aromatic carbocycles. The smallest absolute Gasteiger partial charge is 0.251 e. The van der Waals surface area contributed by atoms with Crippen molar-refractivity contribution < 1.29 is 14.3 Å². The highest BCUT2D eigenvalue weighted by molar-refractivity contribution is 5.94. The molecule has 0 bridgehead atoms. The minimum absolute atomic E-state index is 0.0315. The number of nitrogens with zero attached hydrogens (tertiary/aromatic N) is 1. The summed E-state index contributed by atoms with van der Waals surface area (Å²) in [5.74, 6) is 0.844. The van der Waals surface area contributed by atoms with Crippen molar-refractivity contribution in [3.8, 4) is 5.75 Å². The highest BCUT2D eigenvalue weighted by atomic mass is 16.5. The molecule has 168 valence electrons. The lowest BCUT2D eigenvalue weighted by atomic mass is 9.74. The van der Waals surface area contributed by atoms with Gasteiger partial charge in [0.25, 0.3) is 5.91 Å². The van der Waals surface area contributed by atoms with Crippen molar-refractivity contribution in [1.82, 2.24) is 5.32 Å². The van der Waals surface area contributed by atoms with Gasteiger partial charge in [-0.25, -0.2) is 0 Å². The first-order chi connectivity index (χ1) is 15.0. The standard InChI is InChI=1S/C26H36N2O3/c1-5-28(20(3)4)23-11-7-21(8-12-23)25(29)27-19-26(15-17-30-18-16-26)22-9-13-24(14-10-22)31-6-2/h7-14,20H,5-6,15-19H2,1-4H3,(H,27,29). The van der Waals surface area contributed by atoms with Crippen molar-refractivity contribution in [3.63, 3.8) is 0 Å². The van der Waals surface area contributed by atoms with Crippen LogP contribution in [0.3, 0.4) is 0 Å². The van der Waals surface area contributed by atoms with Crippen LogP contribution >= 0.6 is 0 Å². The Labute approximate surface area is 186 Å². The zero-order valence-electron chi connectivity index (χ0n) is 19.3. The molecule has 0 aromatic heterocycles. The molecule has 0 spiro atoms. The van der Waals surface area contributed by atoms with Crippen LogP contribution in [0.2, 0.25) is 0 Å². The zero-order chi connectivity index (χ0) is 22.3. The summed E-state index contributed by atoms with van der Waals surface area (Å²) in [6.45, 7) is 12.1. The maximum atomic E-state index is 12.9. The van der Waals surface area contributed by atoms with Crippen molar-refractivity contribution in [2.45, 2.75) is 52.0 Å². The molecule has 1 fully saturated rings. The Balaban J connectivity index is 1.71. The summed E-state index contributed by atoms with van der Waals surface area (Å²) in [6, 6.07) is 16.6. The highest BCUT2D eigenvalue weighted by Crippen LogP contribution is 2.35. The molecule has 0 saturated carbocycles. The molecular weight excluding hydrogens is 388 g/mol. The molecule has 5 nitrogen and oxygen atoms in total. The third-order valence-corrected chi connectivity index (χ3v) is 6.24. The Morgan fingerprint density at radius 2 is 1.71 bits per heavy atom.